The lowest BCUT2D eigenvalue weighted by Crippen LogP contribution is -3.27. The number of rotatable bonds is 9. The maximum absolute atomic E-state index is 12.4. The van der Waals surface area contributed by atoms with Gasteiger partial charge in [-0.25, -0.2) is 0 Å². The van der Waals surface area contributed by atoms with Crippen LogP contribution in [0.3, 0.4) is 0 Å². The molecule has 3 aromatic carbocycles. The monoisotopic (exact) mass is 431 g/mol. The largest absolute Gasteiger partial charge is 0.489 e. The SMILES string of the molecule is O=C(CC[NH+]1CC[NH+](Cc2ccccc2)CC1)Nc1ccc(OCc2ccccc2)cc1. The fourth-order valence-electron chi connectivity index (χ4n) is 4.16. The van der Waals surface area contributed by atoms with Crippen molar-refractivity contribution in [1.29, 1.82) is 0 Å². The summed E-state index contributed by atoms with van der Waals surface area (Å²) in [5.41, 5.74) is 3.35. The molecular formula is C27H33N3O2+2. The van der Waals surface area contributed by atoms with Crippen molar-refractivity contribution in [2.45, 2.75) is 19.6 Å². The third-order valence-electron chi connectivity index (χ3n) is 6.05. The van der Waals surface area contributed by atoms with E-state index in [-0.39, 0.29) is 5.91 Å². The van der Waals surface area contributed by atoms with Crippen molar-refractivity contribution in [3.8, 4) is 5.75 Å². The minimum atomic E-state index is 0.0783. The number of carbonyl (C=O) groups excluding carboxylic acids is 1. The highest BCUT2D eigenvalue weighted by molar-refractivity contribution is 5.90. The van der Waals surface area contributed by atoms with Crippen molar-refractivity contribution in [3.05, 3.63) is 96.1 Å². The van der Waals surface area contributed by atoms with E-state index in [1.54, 1.807) is 4.90 Å². The molecule has 0 saturated carbocycles. The number of hydrogen-bond acceptors (Lipinski definition) is 2. The molecule has 32 heavy (non-hydrogen) atoms. The Labute approximate surface area is 190 Å². The summed E-state index contributed by atoms with van der Waals surface area (Å²) in [6.07, 6.45) is 0.551. The van der Waals surface area contributed by atoms with Crippen LogP contribution in [0.2, 0.25) is 0 Å². The second-order valence-electron chi connectivity index (χ2n) is 8.51. The van der Waals surface area contributed by atoms with Gasteiger partial charge in [0.05, 0.1) is 13.0 Å². The third-order valence-corrected chi connectivity index (χ3v) is 6.05. The van der Waals surface area contributed by atoms with Gasteiger partial charge >= 0.3 is 0 Å². The highest BCUT2D eigenvalue weighted by atomic mass is 16.5. The topological polar surface area (TPSA) is 47.2 Å². The molecule has 166 valence electrons. The van der Waals surface area contributed by atoms with E-state index in [0.29, 0.717) is 13.0 Å². The predicted molar refractivity (Wildman–Crippen MR) is 127 cm³/mol. The molecule has 0 bridgehead atoms. The molecule has 1 saturated heterocycles. The van der Waals surface area contributed by atoms with Crippen molar-refractivity contribution < 1.29 is 19.3 Å². The van der Waals surface area contributed by atoms with Gasteiger partial charge in [-0.3, -0.25) is 4.79 Å². The summed E-state index contributed by atoms with van der Waals surface area (Å²) in [7, 11) is 0. The van der Waals surface area contributed by atoms with Gasteiger partial charge in [0.1, 0.15) is 45.1 Å². The molecule has 0 unspecified atom stereocenters. The summed E-state index contributed by atoms with van der Waals surface area (Å²) in [5, 5.41) is 3.01. The maximum Gasteiger partial charge on any atom is 0.230 e. The van der Waals surface area contributed by atoms with Crippen molar-refractivity contribution in [3.63, 3.8) is 0 Å². The van der Waals surface area contributed by atoms with Gasteiger partial charge in [-0.1, -0.05) is 60.7 Å². The Balaban J connectivity index is 1.14. The number of ether oxygens (including phenoxy) is 1. The van der Waals surface area contributed by atoms with Crippen molar-refractivity contribution >= 4 is 11.6 Å². The number of benzene rings is 3. The van der Waals surface area contributed by atoms with E-state index in [4.69, 9.17) is 4.74 Å². The van der Waals surface area contributed by atoms with Crippen LogP contribution in [0.4, 0.5) is 5.69 Å². The molecule has 5 nitrogen and oxygen atoms in total. The van der Waals surface area contributed by atoms with E-state index in [9.17, 15) is 4.79 Å². The fourth-order valence-corrected chi connectivity index (χ4v) is 4.16. The molecular weight excluding hydrogens is 398 g/mol. The number of anilines is 1. The Morgan fingerprint density at radius 1 is 0.750 bits per heavy atom. The summed E-state index contributed by atoms with van der Waals surface area (Å²) in [4.78, 5) is 15.6. The Morgan fingerprint density at radius 3 is 2.00 bits per heavy atom. The van der Waals surface area contributed by atoms with Gasteiger partial charge in [-0.2, -0.15) is 0 Å². The Hall–Kier alpha value is -3.15. The van der Waals surface area contributed by atoms with Crippen LogP contribution in [-0.4, -0.2) is 38.6 Å². The lowest BCUT2D eigenvalue weighted by Gasteiger charge is -2.29. The van der Waals surface area contributed by atoms with E-state index < -0.39 is 0 Å². The Bertz CT molecular complexity index is 953. The predicted octanol–water partition coefficient (Wildman–Crippen LogP) is 1.58. The third kappa shape index (κ3) is 6.94. The highest BCUT2D eigenvalue weighted by Crippen LogP contribution is 2.17. The summed E-state index contributed by atoms with van der Waals surface area (Å²) in [6, 6.07) is 28.4. The summed E-state index contributed by atoms with van der Waals surface area (Å²) >= 11 is 0. The molecule has 4 rings (SSSR count). The second-order valence-corrected chi connectivity index (χ2v) is 8.51. The van der Waals surface area contributed by atoms with Gasteiger partial charge in [0.15, 0.2) is 0 Å². The van der Waals surface area contributed by atoms with Crippen molar-refractivity contribution in [1.82, 2.24) is 0 Å². The van der Waals surface area contributed by atoms with E-state index >= 15 is 0 Å². The van der Waals surface area contributed by atoms with Crippen LogP contribution >= 0.6 is 0 Å². The fraction of sp³-hybridized carbons (Fsp3) is 0.296. The Morgan fingerprint density at radius 2 is 1.34 bits per heavy atom. The Kier molecular flexibility index (Phi) is 7.90. The first-order valence-corrected chi connectivity index (χ1v) is 11.5. The number of carbonyl (C=O) groups is 1. The van der Waals surface area contributed by atoms with Crippen LogP contribution in [0.5, 0.6) is 5.75 Å². The summed E-state index contributed by atoms with van der Waals surface area (Å²) in [5.74, 6) is 0.877. The average molecular weight is 432 g/mol. The molecule has 0 aliphatic carbocycles. The molecule has 1 aliphatic heterocycles. The number of nitrogens with one attached hydrogen (secondary N) is 3. The van der Waals surface area contributed by atoms with Crippen LogP contribution in [0, 0.1) is 0 Å². The average Bonchev–Trinajstić information content (AvgIpc) is 2.84. The van der Waals surface area contributed by atoms with Crippen LogP contribution in [0.25, 0.3) is 0 Å². The molecule has 3 N–H and O–H groups in total. The maximum atomic E-state index is 12.4. The lowest BCUT2D eigenvalue weighted by molar-refractivity contribution is -1.02. The van der Waals surface area contributed by atoms with E-state index in [0.717, 1.165) is 56.3 Å². The molecule has 1 aliphatic rings. The second kappa shape index (κ2) is 11.5. The standard InChI is InChI=1S/C27H31N3O2/c31-27(15-16-29-17-19-30(20-18-29)21-23-7-3-1-4-8-23)28-25-11-13-26(14-12-25)32-22-24-9-5-2-6-10-24/h1-14H,15-22H2,(H,28,31)/p+2. The number of piperazine rings is 1. The molecule has 0 atom stereocenters. The minimum Gasteiger partial charge on any atom is -0.489 e. The van der Waals surface area contributed by atoms with Crippen molar-refractivity contribution in [2.24, 2.45) is 0 Å². The van der Waals surface area contributed by atoms with Crippen LogP contribution in [0.15, 0.2) is 84.9 Å². The molecule has 5 heteroatoms. The van der Waals surface area contributed by atoms with Crippen LogP contribution in [-0.2, 0) is 17.9 Å². The summed E-state index contributed by atoms with van der Waals surface area (Å²) in [6.45, 7) is 7.11. The molecule has 3 aromatic rings. The first-order chi connectivity index (χ1) is 15.7. The van der Waals surface area contributed by atoms with E-state index in [2.05, 4.69) is 35.6 Å². The highest BCUT2D eigenvalue weighted by Gasteiger charge is 2.23. The zero-order valence-corrected chi connectivity index (χ0v) is 18.6. The van der Waals surface area contributed by atoms with Crippen LogP contribution in [0.1, 0.15) is 17.5 Å². The zero-order chi connectivity index (χ0) is 22.0. The molecule has 0 aromatic heterocycles. The smallest absolute Gasteiger partial charge is 0.230 e. The van der Waals surface area contributed by atoms with E-state index in [1.165, 1.54) is 10.5 Å². The van der Waals surface area contributed by atoms with Gasteiger partial charge in [0.2, 0.25) is 5.91 Å². The normalized spacial score (nSPS) is 18.1. The molecule has 1 heterocycles. The number of amides is 1. The molecule has 1 fully saturated rings. The first-order valence-electron chi connectivity index (χ1n) is 11.5. The van der Waals surface area contributed by atoms with Gasteiger partial charge < -0.3 is 19.9 Å². The first kappa shape index (κ1) is 22.1. The lowest BCUT2D eigenvalue weighted by atomic mass is 10.2. The van der Waals surface area contributed by atoms with Crippen molar-refractivity contribution in [2.75, 3.05) is 38.0 Å². The quantitative estimate of drug-likeness (QED) is 0.482. The van der Waals surface area contributed by atoms with E-state index in [1.807, 2.05) is 54.6 Å². The van der Waals surface area contributed by atoms with Gasteiger partial charge in [0.25, 0.3) is 0 Å². The molecule has 0 spiro atoms. The van der Waals surface area contributed by atoms with Gasteiger partial charge in [-0.15, -0.1) is 0 Å². The number of hydrogen-bond donors (Lipinski definition) is 3. The van der Waals surface area contributed by atoms with Gasteiger partial charge in [0, 0.05) is 11.3 Å². The molecule has 0 radical (unpaired) electrons. The van der Waals surface area contributed by atoms with Gasteiger partial charge in [-0.05, 0) is 29.8 Å². The summed E-state index contributed by atoms with van der Waals surface area (Å²) < 4.78 is 5.81. The minimum absolute atomic E-state index is 0.0783. The zero-order valence-electron chi connectivity index (χ0n) is 18.6. The number of quaternary nitrogens is 2. The molecule has 1 amide bonds. The van der Waals surface area contributed by atoms with Crippen LogP contribution < -0.4 is 19.9 Å².